The average molecular weight is 324 g/mol. The van der Waals surface area contributed by atoms with Gasteiger partial charge in [0.05, 0.1) is 11.9 Å². The van der Waals surface area contributed by atoms with Crippen LogP contribution in [0.2, 0.25) is 0 Å². The van der Waals surface area contributed by atoms with Crippen molar-refractivity contribution in [3.8, 4) is 0 Å². The Morgan fingerprint density at radius 3 is 2.32 bits per heavy atom. The molecule has 0 atom stereocenters. The summed E-state index contributed by atoms with van der Waals surface area (Å²) in [4.78, 5) is 22.8. The van der Waals surface area contributed by atoms with E-state index in [4.69, 9.17) is 0 Å². The lowest BCUT2D eigenvalue weighted by atomic mass is 10.1. The van der Waals surface area contributed by atoms with Gasteiger partial charge in [-0.15, -0.1) is 6.58 Å². The minimum atomic E-state index is -3.52. The summed E-state index contributed by atoms with van der Waals surface area (Å²) in [5, 5.41) is 2.59. The Hall–Kier alpha value is -2.15. The van der Waals surface area contributed by atoms with E-state index in [1.54, 1.807) is 30.3 Å². The van der Waals surface area contributed by atoms with E-state index < -0.39 is 10.0 Å². The maximum atomic E-state index is 11.9. The molecule has 0 bridgehead atoms. The van der Waals surface area contributed by atoms with Crippen molar-refractivity contribution in [3.05, 3.63) is 42.5 Å². The summed E-state index contributed by atoms with van der Waals surface area (Å²) in [6, 6.07) is 6.24. The molecule has 1 aromatic carbocycles. The molecule has 0 saturated heterocycles. The van der Waals surface area contributed by atoms with E-state index in [-0.39, 0.29) is 24.7 Å². The fourth-order valence-electron chi connectivity index (χ4n) is 1.83. The number of nitrogens with one attached hydrogen (secondary N) is 1. The highest BCUT2D eigenvalue weighted by Gasteiger charge is 2.18. The maximum Gasteiger partial charge on any atom is 0.232 e. The lowest BCUT2D eigenvalue weighted by Gasteiger charge is -2.22. The summed E-state index contributed by atoms with van der Waals surface area (Å²) in [7, 11) is -3.52. The molecule has 7 heteroatoms. The van der Waals surface area contributed by atoms with Gasteiger partial charge >= 0.3 is 0 Å². The molecule has 0 aliphatic carbocycles. The molecule has 0 aliphatic heterocycles. The Kier molecular flexibility index (Phi) is 6.30. The van der Waals surface area contributed by atoms with Gasteiger partial charge in [-0.05, 0) is 31.2 Å². The number of carbonyl (C=O) groups is 2. The molecule has 120 valence electrons. The van der Waals surface area contributed by atoms with Crippen molar-refractivity contribution < 1.29 is 18.0 Å². The highest BCUT2D eigenvalue weighted by atomic mass is 32.2. The van der Waals surface area contributed by atoms with Crippen molar-refractivity contribution >= 4 is 27.4 Å². The highest BCUT2D eigenvalue weighted by Crippen LogP contribution is 2.19. The number of carbonyl (C=O) groups excluding carboxylic acids is 2. The van der Waals surface area contributed by atoms with E-state index in [2.05, 4.69) is 11.9 Å². The van der Waals surface area contributed by atoms with Crippen LogP contribution in [0.1, 0.15) is 23.7 Å². The van der Waals surface area contributed by atoms with Crippen molar-refractivity contribution in [2.75, 3.05) is 23.7 Å². The normalized spacial score (nSPS) is 10.8. The summed E-state index contributed by atoms with van der Waals surface area (Å²) in [6.07, 6.45) is 2.66. The van der Waals surface area contributed by atoms with Gasteiger partial charge in [0.25, 0.3) is 0 Å². The minimum Gasteiger partial charge on any atom is -0.353 e. The van der Waals surface area contributed by atoms with E-state index in [0.29, 0.717) is 17.8 Å². The number of ketones is 1. The van der Waals surface area contributed by atoms with Gasteiger partial charge in [0, 0.05) is 25.1 Å². The minimum absolute atomic E-state index is 0.0290. The standard InChI is InChI=1S/C15H20N2O4S/c1-4-10-16-15(19)9-11-17(22(3,20)21)14-7-5-13(6-8-14)12(2)18/h4-8H,1,9-11H2,2-3H3,(H,16,19). The summed E-state index contributed by atoms with van der Waals surface area (Å²) in [5.74, 6) is -0.352. The van der Waals surface area contributed by atoms with Crippen LogP contribution >= 0.6 is 0 Å². The van der Waals surface area contributed by atoms with Gasteiger partial charge in [0.2, 0.25) is 15.9 Å². The smallest absolute Gasteiger partial charge is 0.232 e. The Morgan fingerprint density at radius 1 is 1.27 bits per heavy atom. The number of rotatable bonds is 8. The van der Waals surface area contributed by atoms with E-state index in [1.807, 2.05) is 0 Å². The molecule has 0 aliphatic rings. The van der Waals surface area contributed by atoms with Crippen molar-refractivity contribution in [2.45, 2.75) is 13.3 Å². The van der Waals surface area contributed by atoms with Crippen LogP contribution in [0, 0.1) is 0 Å². The molecule has 1 N–H and O–H groups in total. The van der Waals surface area contributed by atoms with Gasteiger partial charge in [0.15, 0.2) is 5.78 Å². The third kappa shape index (κ3) is 5.33. The van der Waals surface area contributed by atoms with Gasteiger partial charge < -0.3 is 5.32 Å². The molecule has 0 radical (unpaired) electrons. The molecule has 22 heavy (non-hydrogen) atoms. The molecular formula is C15H20N2O4S. The second-order valence-corrected chi connectivity index (χ2v) is 6.69. The molecule has 6 nitrogen and oxygen atoms in total. The molecule has 0 unspecified atom stereocenters. The molecular weight excluding hydrogens is 304 g/mol. The van der Waals surface area contributed by atoms with E-state index in [9.17, 15) is 18.0 Å². The molecule has 0 aromatic heterocycles. The fourth-order valence-corrected chi connectivity index (χ4v) is 2.75. The third-order valence-electron chi connectivity index (χ3n) is 2.95. The van der Waals surface area contributed by atoms with E-state index >= 15 is 0 Å². The first-order chi connectivity index (χ1) is 10.3. The monoisotopic (exact) mass is 324 g/mol. The predicted octanol–water partition coefficient (Wildman–Crippen LogP) is 1.35. The lowest BCUT2D eigenvalue weighted by molar-refractivity contribution is -0.120. The predicted molar refractivity (Wildman–Crippen MR) is 86.5 cm³/mol. The molecule has 0 spiro atoms. The number of Topliss-reactive ketones (excluding diaryl/α,β-unsaturated/α-hetero) is 1. The first kappa shape index (κ1) is 17.9. The van der Waals surface area contributed by atoms with Gasteiger partial charge in [-0.2, -0.15) is 0 Å². The number of anilines is 1. The Labute approximate surface area is 130 Å². The highest BCUT2D eigenvalue weighted by molar-refractivity contribution is 7.92. The van der Waals surface area contributed by atoms with Crippen LogP contribution in [0.3, 0.4) is 0 Å². The van der Waals surface area contributed by atoms with Crippen LogP contribution in [0.4, 0.5) is 5.69 Å². The second kappa shape index (κ2) is 7.74. The van der Waals surface area contributed by atoms with Gasteiger partial charge in [-0.1, -0.05) is 6.08 Å². The largest absolute Gasteiger partial charge is 0.353 e. The number of benzene rings is 1. The summed E-state index contributed by atoms with van der Waals surface area (Å²) in [6.45, 7) is 5.29. The zero-order chi connectivity index (χ0) is 16.8. The molecule has 1 rings (SSSR count). The van der Waals surface area contributed by atoms with Crippen molar-refractivity contribution in [1.82, 2.24) is 5.32 Å². The molecule has 0 heterocycles. The maximum absolute atomic E-state index is 11.9. The van der Waals surface area contributed by atoms with Gasteiger partial charge in [0.1, 0.15) is 0 Å². The quantitative estimate of drug-likeness (QED) is 0.578. The van der Waals surface area contributed by atoms with Crippen LogP contribution in [0.5, 0.6) is 0 Å². The van der Waals surface area contributed by atoms with Crippen molar-refractivity contribution in [2.24, 2.45) is 0 Å². The van der Waals surface area contributed by atoms with Gasteiger partial charge in [-0.25, -0.2) is 8.42 Å². The number of amides is 1. The first-order valence-corrected chi connectivity index (χ1v) is 8.57. The van der Waals surface area contributed by atoms with Crippen LogP contribution in [0.15, 0.2) is 36.9 Å². The SMILES string of the molecule is C=CCNC(=O)CCN(c1ccc(C(C)=O)cc1)S(C)(=O)=O. The van der Waals surface area contributed by atoms with Crippen LogP contribution in [-0.2, 0) is 14.8 Å². The van der Waals surface area contributed by atoms with Crippen LogP contribution in [-0.4, -0.2) is 39.5 Å². The topological polar surface area (TPSA) is 83.6 Å². The van der Waals surface area contributed by atoms with Crippen LogP contribution in [0.25, 0.3) is 0 Å². The zero-order valence-corrected chi connectivity index (χ0v) is 13.5. The first-order valence-electron chi connectivity index (χ1n) is 6.72. The molecule has 1 aromatic rings. The number of nitrogens with zero attached hydrogens (tertiary/aromatic N) is 1. The Morgan fingerprint density at radius 2 is 1.86 bits per heavy atom. The van der Waals surface area contributed by atoms with Gasteiger partial charge in [-0.3, -0.25) is 13.9 Å². The molecule has 1 amide bonds. The Balaban J connectivity index is 2.88. The average Bonchev–Trinajstić information content (AvgIpc) is 2.44. The zero-order valence-electron chi connectivity index (χ0n) is 12.7. The number of sulfonamides is 1. The number of hydrogen-bond donors (Lipinski definition) is 1. The summed E-state index contributed by atoms with van der Waals surface area (Å²) in [5.41, 5.74) is 0.921. The Bertz CT molecular complexity index is 651. The fraction of sp³-hybridized carbons (Fsp3) is 0.333. The molecule has 0 fully saturated rings. The lowest BCUT2D eigenvalue weighted by Crippen LogP contribution is -2.34. The molecule has 0 saturated carbocycles. The summed E-state index contributed by atoms with van der Waals surface area (Å²) < 4.78 is 24.9. The van der Waals surface area contributed by atoms with Crippen molar-refractivity contribution in [3.63, 3.8) is 0 Å². The van der Waals surface area contributed by atoms with Crippen LogP contribution < -0.4 is 9.62 Å². The summed E-state index contributed by atoms with van der Waals surface area (Å²) >= 11 is 0. The van der Waals surface area contributed by atoms with E-state index in [1.165, 1.54) is 6.92 Å². The third-order valence-corrected chi connectivity index (χ3v) is 4.14. The van der Waals surface area contributed by atoms with Crippen molar-refractivity contribution in [1.29, 1.82) is 0 Å². The second-order valence-electron chi connectivity index (χ2n) is 4.78. The van der Waals surface area contributed by atoms with E-state index in [0.717, 1.165) is 10.6 Å². The number of hydrogen-bond acceptors (Lipinski definition) is 4.